The molecule has 0 spiro atoms. The maximum Gasteiger partial charge on any atom is 0.222 e. The summed E-state index contributed by atoms with van der Waals surface area (Å²) < 4.78 is 0. The van der Waals surface area contributed by atoms with E-state index >= 15 is 0 Å². The number of amides is 2. The SMILES string of the molecule is CCN(CC)C(=O)CCCC(=O)NCC1CCCNC1.Cl. The molecule has 1 aliphatic rings. The van der Waals surface area contributed by atoms with Crippen molar-refractivity contribution in [3.05, 3.63) is 0 Å². The molecule has 0 aromatic heterocycles. The van der Waals surface area contributed by atoms with Crippen LogP contribution in [0.4, 0.5) is 0 Å². The summed E-state index contributed by atoms with van der Waals surface area (Å²) in [6.45, 7) is 8.31. The number of piperidine rings is 1. The number of halogens is 1. The number of carbonyl (C=O) groups excluding carboxylic acids is 2. The quantitative estimate of drug-likeness (QED) is 0.714. The Labute approximate surface area is 134 Å². The minimum atomic E-state index is 0. The summed E-state index contributed by atoms with van der Waals surface area (Å²) in [6.07, 6.45) is 3.95. The predicted octanol–water partition coefficient (Wildman–Crippen LogP) is 1.56. The average molecular weight is 320 g/mol. The molecule has 6 heteroatoms. The lowest BCUT2D eigenvalue weighted by Gasteiger charge is -2.23. The molecular formula is C15H30ClN3O2. The van der Waals surface area contributed by atoms with Crippen LogP contribution in [-0.2, 0) is 9.59 Å². The van der Waals surface area contributed by atoms with Crippen LogP contribution in [-0.4, -0.2) is 49.4 Å². The standard InChI is InChI=1S/C15H29N3O2.ClH/c1-3-18(4-2)15(20)9-5-8-14(19)17-12-13-7-6-10-16-11-13;/h13,16H,3-12H2,1-2H3,(H,17,19);1H. The van der Waals surface area contributed by atoms with Crippen LogP contribution in [0.15, 0.2) is 0 Å². The molecule has 0 radical (unpaired) electrons. The fourth-order valence-electron chi connectivity index (χ4n) is 2.58. The van der Waals surface area contributed by atoms with Crippen molar-refractivity contribution in [1.82, 2.24) is 15.5 Å². The van der Waals surface area contributed by atoms with Crippen LogP contribution in [0.2, 0.25) is 0 Å². The Bertz CT molecular complexity index is 303. The van der Waals surface area contributed by atoms with Crippen molar-refractivity contribution in [2.24, 2.45) is 5.92 Å². The first kappa shape index (κ1) is 20.2. The second-order valence-corrected chi connectivity index (χ2v) is 5.44. The summed E-state index contributed by atoms with van der Waals surface area (Å²) in [5, 5.41) is 6.32. The molecule has 0 aliphatic carbocycles. The molecule has 0 aromatic carbocycles. The van der Waals surface area contributed by atoms with Gasteiger partial charge in [0.15, 0.2) is 0 Å². The first-order valence-corrected chi connectivity index (χ1v) is 7.92. The molecule has 1 rings (SSSR count). The van der Waals surface area contributed by atoms with Crippen LogP contribution in [0.1, 0.15) is 46.0 Å². The molecule has 1 fully saturated rings. The van der Waals surface area contributed by atoms with Gasteiger partial charge in [0.2, 0.25) is 11.8 Å². The number of hydrogen-bond donors (Lipinski definition) is 2. The van der Waals surface area contributed by atoms with Gasteiger partial charge in [0.05, 0.1) is 0 Å². The average Bonchev–Trinajstić information content (AvgIpc) is 2.47. The molecule has 5 nitrogen and oxygen atoms in total. The zero-order chi connectivity index (χ0) is 14.8. The van der Waals surface area contributed by atoms with Gasteiger partial charge < -0.3 is 15.5 Å². The maximum atomic E-state index is 11.8. The lowest BCUT2D eigenvalue weighted by molar-refractivity contribution is -0.131. The van der Waals surface area contributed by atoms with Gasteiger partial charge in [-0.3, -0.25) is 9.59 Å². The first-order valence-electron chi connectivity index (χ1n) is 7.92. The van der Waals surface area contributed by atoms with Gasteiger partial charge in [-0.05, 0) is 52.1 Å². The fraction of sp³-hybridized carbons (Fsp3) is 0.867. The van der Waals surface area contributed by atoms with Crippen LogP contribution in [0.5, 0.6) is 0 Å². The van der Waals surface area contributed by atoms with Crippen LogP contribution in [0, 0.1) is 5.92 Å². The smallest absolute Gasteiger partial charge is 0.222 e. The molecule has 2 amide bonds. The lowest BCUT2D eigenvalue weighted by Crippen LogP contribution is -2.38. The Hall–Kier alpha value is -0.810. The van der Waals surface area contributed by atoms with E-state index in [1.54, 1.807) is 0 Å². The van der Waals surface area contributed by atoms with Crippen molar-refractivity contribution < 1.29 is 9.59 Å². The van der Waals surface area contributed by atoms with Crippen molar-refractivity contribution >= 4 is 24.2 Å². The molecule has 0 saturated carbocycles. The highest BCUT2D eigenvalue weighted by Gasteiger charge is 2.14. The van der Waals surface area contributed by atoms with Gasteiger partial charge in [-0.15, -0.1) is 12.4 Å². The van der Waals surface area contributed by atoms with E-state index in [-0.39, 0.29) is 24.2 Å². The largest absolute Gasteiger partial charge is 0.356 e. The molecule has 1 atom stereocenters. The van der Waals surface area contributed by atoms with Gasteiger partial charge in [0, 0.05) is 32.5 Å². The van der Waals surface area contributed by atoms with Crippen molar-refractivity contribution in [2.75, 3.05) is 32.7 Å². The minimum absolute atomic E-state index is 0. The molecule has 124 valence electrons. The van der Waals surface area contributed by atoms with E-state index in [1.807, 2.05) is 18.7 Å². The number of nitrogens with one attached hydrogen (secondary N) is 2. The molecule has 1 unspecified atom stereocenters. The topological polar surface area (TPSA) is 61.4 Å². The predicted molar refractivity (Wildman–Crippen MR) is 87.6 cm³/mol. The number of carbonyl (C=O) groups is 2. The first-order chi connectivity index (χ1) is 9.67. The summed E-state index contributed by atoms with van der Waals surface area (Å²) in [5.74, 6) is 0.784. The van der Waals surface area contributed by atoms with Crippen molar-refractivity contribution in [3.63, 3.8) is 0 Å². The summed E-state index contributed by atoms with van der Waals surface area (Å²) in [5.41, 5.74) is 0. The second-order valence-electron chi connectivity index (χ2n) is 5.44. The molecule has 21 heavy (non-hydrogen) atoms. The Morgan fingerprint density at radius 3 is 2.52 bits per heavy atom. The van der Waals surface area contributed by atoms with E-state index < -0.39 is 0 Å². The van der Waals surface area contributed by atoms with Gasteiger partial charge >= 0.3 is 0 Å². The van der Waals surface area contributed by atoms with Gasteiger partial charge in [-0.25, -0.2) is 0 Å². The van der Waals surface area contributed by atoms with E-state index in [0.717, 1.165) is 32.7 Å². The van der Waals surface area contributed by atoms with Crippen molar-refractivity contribution in [3.8, 4) is 0 Å². The molecular weight excluding hydrogens is 290 g/mol. The number of hydrogen-bond acceptors (Lipinski definition) is 3. The summed E-state index contributed by atoms with van der Waals surface area (Å²) in [6, 6.07) is 0. The van der Waals surface area contributed by atoms with E-state index in [0.29, 0.717) is 25.2 Å². The summed E-state index contributed by atoms with van der Waals surface area (Å²) >= 11 is 0. The summed E-state index contributed by atoms with van der Waals surface area (Å²) in [7, 11) is 0. The zero-order valence-corrected chi connectivity index (χ0v) is 14.1. The molecule has 1 saturated heterocycles. The monoisotopic (exact) mass is 319 g/mol. The van der Waals surface area contributed by atoms with E-state index in [4.69, 9.17) is 0 Å². The fourth-order valence-corrected chi connectivity index (χ4v) is 2.58. The molecule has 2 N–H and O–H groups in total. The highest BCUT2D eigenvalue weighted by molar-refractivity contribution is 5.85. The van der Waals surface area contributed by atoms with E-state index in [1.165, 1.54) is 12.8 Å². The Balaban J connectivity index is 0.00000400. The molecule has 0 bridgehead atoms. The van der Waals surface area contributed by atoms with Crippen LogP contribution in [0.25, 0.3) is 0 Å². The van der Waals surface area contributed by atoms with Gasteiger partial charge in [-0.2, -0.15) is 0 Å². The number of rotatable bonds is 8. The molecule has 0 aromatic rings. The third-order valence-electron chi connectivity index (χ3n) is 3.90. The van der Waals surface area contributed by atoms with Gasteiger partial charge in [0.25, 0.3) is 0 Å². The van der Waals surface area contributed by atoms with E-state index in [2.05, 4.69) is 10.6 Å². The van der Waals surface area contributed by atoms with Crippen molar-refractivity contribution in [2.45, 2.75) is 46.0 Å². The number of nitrogens with zero attached hydrogens (tertiary/aromatic N) is 1. The normalized spacial score (nSPS) is 17.7. The maximum absolute atomic E-state index is 11.8. The highest BCUT2D eigenvalue weighted by Crippen LogP contribution is 2.08. The van der Waals surface area contributed by atoms with Crippen LogP contribution in [0.3, 0.4) is 0 Å². The molecule has 1 heterocycles. The van der Waals surface area contributed by atoms with E-state index in [9.17, 15) is 9.59 Å². The highest BCUT2D eigenvalue weighted by atomic mass is 35.5. The molecule has 1 aliphatic heterocycles. The Morgan fingerprint density at radius 1 is 1.24 bits per heavy atom. The van der Waals surface area contributed by atoms with Crippen LogP contribution < -0.4 is 10.6 Å². The third kappa shape index (κ3) is 8.27. The van der Waals surface area contributed by atoms with Crippen molar-refractivity contribution in [1.29, 1.82) is 0 Å². The van der Waals surface area contributed by atoms with Gasteiger partial charge in [0.1, 0.15) is 0 Å². The minimum Gasteiger partial charge on any atom is -0.356 e. The second kappa shape index (κ2) is 11.8. The Kier molecular flexibility index (Phi) is 11.4. The van der Waals surface area contributed by atoms with Crippen LogP contribution >= 0.6 is 12.4 Å². The third-order valence-corrected chi connectivity index (χ3v) is 3.90. The lowest BCUT2D eigenvalue weighted by atomic mass is 10.00. The van der Waals surface area contributed by atoms with Gasteiger partial charge in [-0.1, -0.05) is 0 Å². The summed E-state index contributed by atoms with van der Waals surface area (Å²) in [4.78, 5) is 25.3. The Morgan fingerprint density at radius 2 is 1.95 bits per heavy atom. The zero-order valence-electron chi connectivity index (χ0n) is 13.3.